The van der Waals surface area contributed by atoms with E-state index in [1.165, 1.54) is 0 Å². The van der Waals surface area contributed by atoms with E-state index < -0.39 is 23.8 Å². The van der Waals surface area contributed by atoms with E-state index in [-0.39, 0.29) is 18.3 Å². The fourth-order valence-electron chi connectivity index (χ4n) is 3.29. The third kappa shape index (κ3) is 6.18. The van der Waals surface area contributed by atoms with Crippen molar-refractivity contribution in [2.75, 3.05) is 18.5 Å². The van der Waals surface area contributed by atoms with Gasteiger partial charge in [0.15, 0.2) is 17.9 Å². The zero-order chi connectivity index (χ0) is 22.6. The van der Waals surface area contributed by atoms with E-state index in [0.29, 0.717) is 24.5 Å². The summed E-state index contributed by atoms with van der Waals surface area (Å²) in [6.07, 6.45) is -1.26. The Balaban J connectivity index is 1.73. The highest BCUT2D eigenvalue weighted by atomic mass is 19.1. The molecule has 0 atom stereocenters. The van der Waals surface area contributed by atoms with E-state index in [0.717, 1.165) is 11.1 Å². The second-order valence-corrected chi connectivity index (χ2v) is 8.72. The number of hydrogen-bond acceptors (Lipinski definition) is 5. The Labute approximate surface area is 182 Å². The molecule has 0 unspecified atom stereocenters. The van der Waals surface area contributed by atoms with Gasteiger partial charge in [0, 0.05) is 5.69 Å². The fourth-order valence-corrected chi connectivity index (χ4v) is 3.29. The number of nitrogens with one attached hydrogen (secondary N) is 1. The van der Waals surface area contributed by atoms with Crippen molar-refractivity contribution >= 4 is 11.8 Å². The third-order valence-corrected chi connectivity index (χ3v) is 4.62. The Morgan fingerprint density at radius 1 is 1.19 bits per heavy atom. The molecule has 7 heteroatoms. The van der Waals surface area contributed by atoms with Crippen LogP contribution in [0.15, 0.2) is 36.4 Å². The maximum absolute atomic E-state index is 15.3. The molecule has 1 aliphatic rings. The highest BCUT2D eigenvalue weighted by Crippen LogP contribution is 2.36. The molecule has 1 amide bonds. The first-order valence-corrected chi connectivity index (χ1v) is 10.4. The molecule has 1 saturated heterocycles. The van der Waals surface area contributed by atoms with Crippen molar-refractivity contribution in [3.63, 3.8) is 0 Å². The molecule has 0 saturated carbocycles. The topological polar surface area (TPSA) is 66.0 Å². The predicted octanol–water partition coefficient (Wildman–Crippen LogP) is 5.92. The Hall–Kier alpha value is -2.64. The molecule has 2 aromatic carbocycles. The third-order valence-electron chi connectivity index (χ3n) is 4.62. The van der Waals surface area contributed by atoms with Crippen molar-refractivity contribution in [3.8, 4) is 5.75 Å². The minimum Gasteiger partial charge on any atom is -0.486 e. The van der Waals surface area contributed by atoms with Gasteiger partial charge in [-0.15, -0.1) is 0 Å². The Morgan fingerprint density at radius 2 is 1.90 bits per heavy atom. The average Bonchev–Trinajstić information content (AvgIpc) is 3.19. The Bertz CT molecular complexity index is 917. The molecule has 0 bridgehead atoms. The minimum absolute atomic E-state index is 0.113. The van der Waals surface area contributed by atoms with Crippen molar-refractivity contribution in [2.45, 2.75) is 59.0 Å². The molecule has 0 aromatic heterocycles. The van der Waals surface area contributed by atoms with E-state index in [1.807, 2.05) is 26.0 Å². The van der Waals surface area contributed by atoms with E-state index in [4.69, 9.17) is 18.9 Å². The number of benzene rings is 2. The van der Waals surface area contributed by atoms with Gasteiger partial charge in [-0.1, -0.05) is 32.0 Å². The standard InChI is InChI=1S/C24H30FNO5/c1-15(2)18-9-10-19(21(25)20(18)22-28-11-12-29-22)30-14-16-7-6-8-17(13-16)26-23(27)31-24(3,4)5/h6-10,13,15,22H,11-12,14H2,1-5H3,(H,26,27). The van der Waals surface area contributed by atoms with Crippen LogP contribution in [0.3, 0.4) is 0 Å². The van der Waals surface area contributed by atoms with Crippen LogP contribution in [0.25, 0.3) is 0 Å². The summed E-state index contributed by atoms with van der Waals surface area (Å²) in [7, 11) is 0. The molecule has 6 nitrogen and oxygen atoms in total. The van der Waals surface area contributed by atoms with Crippen LogP contribution in [0.1, 0.15) is 63.5 Å². The summed E-state index contributed by atoms with van der Waals surface area (Å²) < 4.78 is 37.4. The molecule has 3 rings (SSSR count). The van der Waals surface area contributed by atoms with Crippen molar-refractivity contribution in [1.82, 2.24) is 0 Å². The molecular weight excluding hydrogens is 401 g/mol. The molecule has 2 aromatic rings. The lowest BCUT2D eigenvalue weighted by Gasteiger charge is -2.20. The van der Waals surface area contributed by atoms with Gasteiger partial charge >= 0.3 is 6.09 Å². The maximum Gasteiger partial charge on any atom is 0.412 e. The van der Waals surface area contributed by atoms with Gasteiger partial charge in [-0.2, -0.15) is 0 Å². The quantitative estimate of drug-likeness (QED) is 0.615. The number of carbonyl (C=O) groups excluding carboxylic acids is 1. The van der Waals surface area contributed by atoms with Gasteiger partial charge in [-0.3, -0.25) is 5.32 Å². The smallest absolute Gasteiger partial charge is 0.412 e. The second-order valence-electron chi connectivity index (χ2n) is 8.72. The van der Waals surface area contributed by atoms with E-state index >= 15 is 4.39 Å². The predicted molar refractivity (Wildman–Crippen MR) is 116 cm³/mol. The molecular formula is C24H30FNO5. The molecule has 1 N–H and O–H groups in total. The molecule has 31 heavy (non-hydrogen) atoms. The highest BCUT2D eigenvalue weighted by Gasteiger charge is 2.28. The molecule has 0 spiro atoms. The van der Waals surface area contributed by atoms with Crippen LogP contribution >= 0.6 is 0 Å². The molecule has 1 aliphatic heterocycles. The maximum atomic E-state index is 15.3. The number of anilines is 1. The van der Waals surface area contributed by atoms with E-state index in [2.05, 4.69) is 5.32 Å². The van der Waals surface area contributed by atoms with Crippen molar-refractivity contribution < 1.29 is 28.1 Å². The molecule has 1 heterocycles. The molecule has 0 aliphatic carbocycles. The number of amides is 1. The minimum atomic E-state index is -0.720. The van der Waals surface area contributed by atoms with Gasteiger partial charge < -0.3 is 18.9 Å². The van der Waals surface area contributed by atoms with Crippen molar-refractivity contribution in [2.24, 2.45) is 0 Å². The van der Waals surface area contributed by atoms with Crippen LogP contribution in [0.2, 0.25) is 0 Å². The molecule has 168 valence electrons. The van der Waals surface area contributed by atoms with Crippen molar-refractivity contribution in [3.05, 3.63) is 58.9 Å². The summed E-state index contributed by atoms with van der Waals surface area (Å²) in [5.74, 6) is -0.230. The van der Waals surface area contributed by atoms with Crippen molar-refractivity contribution in [1.29, 1.82) is 0 Å². The Kier molecular flexibility index (Phi) is 7.18. The number of halogens is 1. The molecule has 0 radical (unpaired) electrons. The monoisotopic (exact) mass is 431 g/mol. The van der Waals surface area contributed by atoms with E-state index in [1.54, 1.807) is 45.0 Å². The van der Waals surface area contributed by atoms with Gasteiger partial charge in [0.25, 0.3) is 0 Å². The summed E-state index contributed by atoms with van der Waals surface area (Å²) in [6, 6.07) is 10.6. The zero-order valence-corrected chi connectivity index (χ0v) is 18.7. The summed E-state index contributed by atoms with van der Waals surface area (Å²) in [5.41, 5.74) is 1.98. The van der Waals surface area contributed by atoms with Gasteiger partial charge in [0.05, 0.1) is 18.8 Å². The van der Waals surface area contributed by atoms with Crippen LogP contribution in [0, 0.1) is 5.82 Å². The van der Waals surface area contributed by atoms with Gasteiger partial charge in [-0.05, 0) is 56.0 Å². The average molecular weight is 432 g/mol. The second kappa shape index (κ2) is 9.66. The lowest BCUT2D eigenvalue weighted by Crippen LogP contribution is -2.27. The first-order valence-electron chi connectivity index (χ1n) is 10.4. The summed E-state index contributed by atoms with van der Waals surface area (Å²) >= 11 is 0. The van der Waals surface area contributed by atoms with Crippen LogP contribution < -0.4 is 10.1 Å². The number of ether oxygens (including phenoxy) is 4. The normalized spacial score (nSPS) is 14.7. The van der Waals surface area contributed by atoms with Crippen LogP contribution in [-0.2, 0) is 20.8 Å². The van der Waals surface area contributed by atoms with Gasteiger partial charge in [0.1, 0.15) is 12.2 Å². The first-order chi connectivity index (χ1) is 14.6. The number of carbonyl (C=O) groups is 1. The lowest BCUT2D eigenvalue weighted by atomic mass is 9.96. The van der Waals surface area contributed by atoms with Gasteiger partial charge in [0.2, 0.25) is 0 Å². The summed E-state index contributed by atoms with van der Waals surface area (Å²) in [5, 5.41) is 2.69. The summed E-state index contributed by atoms with van der Waals surface area (Å²) in [4.78, 5) is 12.0. The van der Waals surface area contributed by atoms with Crippen LogP contribution in [0.4, 0.5) is 14.9 Å². The number of hydrogen-bond donors (Lipinski definition) is 1. The first kappa shape index (κ1) is 23.0. The lowest BCUT2D eigenvalue weighted by molar-refractivity contribution is -0.0475. The zero-order valence-electron chi connectivity index (χ0n) is 18.7. The SMILES string of the molecule is CC(C)c1ccc(OCc2cccc(NC(=O)OC(C)(C)C)c2)c(F)c1C1OCCO1. The number of rotatable bonds is 6. The van der Waals surface area contributed by atoms with Crippen LogP contribution in [-0.4, -0.2) is 24.9 Å². The fraction of sp³-hybridized carbons (Fsp3) is 0.458. The largest absolute Gasteiger partial charge is 0.486 e. The Morgan fingerprint density at radius 3 is 2.55 bits per heavy atom. The summed E-state index contributed by atoms with van der Waals surface area (Å²) in [6.45, 7) is 10.4. The van der Waals surface area contributed by atoms with E-state index in [9.17, 15) is 4.79 Å². The van der Waals surface area contributed by atoms with Crippen LogP contribution in [0.5, 0.6) is 5.75 Å². The van der Waals surface area contributed by atoms with Gasteiger partial charge in [-0.25, -0.2) is 9.18 Å². The highest BCUT2D eigenvalue weighted by molar-refractivity contribution is 5.84. The molecule has 1 fully saturated rings.